The molecule has 42 heavy (non-hydrogen) atoms. The van der Waals surface area contributed by atoms with E-state index in [0.29, 0.717) is 81.6 Å². The Morgan fingerprint density at radius 2 is 1.36 bits per heavy atom. The molecule has 5 rings (SSSR count). The van der Waals surface area contributed by atoms with Gasteiger partial charge in [0.05, 0.1) is 58.6 Å². The molecule has 0 radical (unpaired) electrons. The molecule has 0 atom stereocenters. The quantitative estimate of drug-likeness (QED) is 0.440. The van der Waals surface area contributed by atoms with E-state index in [1.54, 1.807) is 25.3 Å². The normalized spacial score (nSPS) is 18.1. The summed E-state index contributed by atoms with van der Waals surface area (Å²) in [4.78, 5) is 29.4. The van der Waals surface area contributed by atoms with E-state index in [-0.39, 0.29) is 11.8 Å². The van der Waals surface area contributed by atoms with E-state index in [9.17, 15) is 9.59 Å². The standard InChI is InChI=1S/C32H38N4O6/c1-2-36-31(37)27-5-3-4-26-25(10-11-28(30(26)27)32(36)38)29(33)22-34-23-6-8-24(9-7-23)35-12-14-39-16-18-41-20-21-42-19-17-40-15-13-35/h3-11,22,34H,2,12-21,33H2,1H3/b29-22-. The molecule has 1 fully saturated rings. The van der Waals surface area contributed by atoms with Crippen molar-refractivity contribution in [2.24, 2.45) is 5.73 Å². The fraction of sp³-hybridized carbons (Fsp3) is 0.375. The maximum Gasteiger partial charge on any atom is 0.261 e. The van der Waals surface area contributed by atoms with E-state index >= 15 is 0 Å². The molecule has 3 aromatic carbocycles. The van der Waals surface area contributed by atoms with Gasteiger partial charge in [-0.3, -0.25) is 14.5 Å². The van der Waals surface area contributed by atoms with Gasteiger partial charge < -0.3 is 34.9 Å². The van der Waals surface area contributed by atoms with Crippen LogP contribution in [0.4, 0.5) is 11.4 Å². The maximum atomic E-state index is 12.9. The minimum atomic E-state index is -0.279. The Morgan fingerprint density at radius 3 is 1.95 bits per heavy atom. The number of hydrogen-bond acceptors (Lipinski definition) is 9. The number of anilines is 2. The first-order valence-corrected chi connectivity index (χ1v) is 14.4. The Labute approximate surface area is 245 Å². The fourth-order valence-corrected chi connectivity index (χ4v) is 5.17. The first kappa shape index (κ1) is 29.5. The molecule has 2 amide bonds. The number of benzene rings is 3. The van der Waals surface area contributed by atoms with Crippen molar-refractivity contribution in [1.82, 2.24) is 4.90 Å². The highest BCUT2D eigenvalue weighted by molar-refractivity contribution is 6.26. The minimum absolute atomic E-state index is 0.279. The first-order chi connectivity index (χ1) is 20.6. The summed E-state index contributed by atoms with van der Waals surface area (Å²) in [5.41, 5.74) is 10.7. The molecular formula is C32H38N4O6. The topological polar surface area (TPSA) is 116 Å². The first-order valence-electron chi connectivity index (χ1n) is 14.4. The molecule has 3 aromatic rings. The second-order valence-electron chi connectivity index (χ2n) is 9.97. The summed E-state index contributed by atoms with van der Waals surface area (Å²) in [5.74, 6) is -0.559. The van der Waals surface area contributed by atoms with E-state index < -0.39 is 0 Å². The van der Waals surface area contributed by atoms with Gasteiger partial charge in [-0.2, -0.15) is 0 Å². The van der Waals surface area contributed by atoms with Gasteiger partial charge >= 0.3 is 0 Å². The number of amides is 2. The highest BCUT2D eigenvalue weighted by Gasteiger charge is 2.32. The van der Waals surface area contributed by atoms with Crippen LogP contribution in [0.25, 0.3) is 16.5 Å². The molecule has 2 aliphatic heterocycles. The van der Waals surface area contributed by atoms with Crippen LogP contribution in [0.3, 0.4) is 0 Å². The van der Waals surface area contributed by atoms with Crippen LogP contribution in [0, 0.1) is 0 Å². The molecule has 10 nitrogen and oxygen atoms in total. The average Bonchev–Trinajstić information content (AvgIpc) is 3.02. The van der Waals surface area contributed by atoms with E-state index in [4.69, 9.17) is 24.7 Å². The molecule has 10 heteroatoms. The van der Waals surface area contributed by atoms with Crippen molar-refractivity contribution in [3.8, 4) is 0 Å². The molecule has 0 unspecified atom stereocenters. The molecule has 0 saturated carbocycles. The molecule has 222 valence electrons. The van der Waals surface area contributed by atoms with Crippen LogP contribution in [0.15, 0.2) is 60.8 Å². The molecule has 0 aliphatic carbocycles. The number of rotatable bonds is 5. The van der Waals surface area contributed by atoms with Gasteiger partial charge in [0.1, 0.15) is 0 Å². The van der Waals surface area contributed by atoms with Crippen molar-refractivity contribution in [3.05, 3.63) is 77.5 Å². The fourth-order valence-electron chi connectivity index (χ4n) is 5.17. The smallest absolute Gasteiger partial charge is 0.261 e. The number of imide groups is 1. The minimum Gasteiger partial charge on any atom is -0.397 e. The number of nitrogens with zero attached hydrogens (tertiary/aromatic N) is 2. The highest BCUT2D eigenvalue weighted by atomic mass is 16.6. The lowest BCUT2D eigenvalue weighted by atomic mass is 9.90. The monoisotopic (exact) mass is 574 g/mol. The van der Waals surface area contributed by atoms with Gasteiger partial charge in [0.2, 0.25) is 0 Å². The van der Waals surface area contributed by atoms with Crippen LogP contribution >= 0.6 is 0 Å². The van der Waals surface area contributed by atoms with Crippen molar-refractivity contribution in [1.29, 1.82) is 0 Å². The Bertz CT molecular complexity index is 1390. The van der Waals surface area contributed by atoms with Crippen LogP contribution < -0.4 is 16.0 Å². The summed E-state index contributed by atoms with van der Waals surface area (Å²) in [6.45, 7) is 8.04. The molecule has 2 aliphatic rings. The third-order valence-electron chi connectivity index (χ3n) is 7.37. The number of hydrogen-bond donors (Lipinski definition) is 2. The molecule has 3 N–H and O–H groups in total. The lowest BCUT2D eigenvalue weighted by Crippen LogP contribution is -2.40. The zero-order valence-corrected chi connectivity index (χ0v) is 24.0. The van der Waals surface area contributed by atoms with E-state index in [1.165, 1.54) is 4.90 Å². The molecular weight excluding hydrogens is 536 g/mol. The van der Waals surface area contributed by atoms with E-state index in [0.717, 1.165) is 35.4 Å². The zero-order chi connectivity index (χ0) is 29.3. The van der Waals surface area contributed by atoms with Crippen LogP contribution in [-0.2, 0) is 18.9 Å². The Hall–Kier alpha value is -3.96. The van der Waals surface area contributed by atoms with Crippen molar-refractivity contribution in [3.63, 3.8) is 0 Å². The summed E-state index contributed by atoms with van der Waals surface area (Å²) in [6, 6.07) is 17.2. The molecule has 0 spiro atoms. The summed E-state index contributed by atoms with van der Waals surface area (Å²) in [7, 11) is 0. The lowest BCUT2D eigenvalue weighted by Gasteiger charge is -2.26. The van der Waals surface area contributed by atoms with Gasteiger partial charge in [-0.25, -0.2) is 0 Å². The van der Waals surface area contributed by atoms with Crippen molar-refractivity contribution < 1.29 is 28.5 Å². The van der Waals surface area contributed by atoms with Gasteiger partial charge in [0.25, 0.3) is 11.8 Å². The predicted octanol–water partition coefficient (Wildman–Crippen LogP) is 3.71. The number of carbonyl (C=O) groups excluding carboxylic acids is 2. The number of ether oxygens (including phenoxy) is 4. The van der Waals surface area contributed by atoms with Gasteiger partial charge in [-0.15, -0.1) is 0 Å². The van der Waals surface area contributed by atoms with E-state index in [2.05, 4.69) is 10.2 Å². The number of carbonyl (C=O) groups is 2. The van der Waals surface area contributed by atoms with Gasteiger partial charge in [-0.05, 0) is 48.7 Å². The van der Waals surface area contributed by atoms with Crippen LogP contribution in [-0.4, -0.2) is 89.2 Å². The summed E-state index contributed by atoms with van der Waals surface area (Å²) in [5, 5.41) is 4.70. The Kier molecular flexibility index (Phi) is 10.0. The van der Waals surface area contributed by atoms with Crippen LogP contribution in [0.2, 0.25) is 0 Å². The van der Waals surface area contributed by atoms with Crippen LogP contribution in [0.1, 0.15) is 33.2 Å². The Morgan fingerprint density at radius 1 is 0.786 bits per heavy atom. The van der Waals surface area contributed by atoms with Gasteiger partial charge in [0.15, 0.2) is 0 Å². The van der Waals surface area contributed by atoms with E-state index in [1.807, 2.05) is 42.5 Å². The summed E-state index contributed by atoms with van der Waals surface area (Å²) < 4.78 is 22.5. The average molecular weight is 575 g/mol. The molecule has 1 saturated heterocycles. The highest BCUT2D eigenvalue weighted by Crippen LogP contribution is 2.33. The van der Waals surface area contributed by atoms with Crippen molar-refractivity contribution in [2.75, 3.05) is 82.7 Å². The second kappa shape index (κ2) is 14.3. The third kappa shape index (κ3) is 6.74. The zero-order valence-electron chi connectivity index (χ0n) is 24.0. The van der Waals surface area contributed by atoms with Crippen LogP contribution in [0.5, 0.6) is 0 Å². The second-order valence-corrected chi connectivity index (χ2v) is 9.97. The maximum absolute atomic E-state index is 12.9. The van der Waals surface area contributed by atoms with Gasteiger partial charge in [0, 0.05) is 59.3 Å². The summed E-state index contributed by atoms with van der Waals surface area (Å²) >= 11 is 0. The molecule has 0 bridgehead atoms. The predicted molar refractivity (Wildman–Crippen MR) is 163 cm³/mol. The van der Waals surface area contributed by atoms with Crippen molar-refractivity contribution >= 4 is 39.7 Å². The largest absolute Gasteiger partial charge is 0.397 e. The van der Waals surface area contributed by atoms with Gasteiger partial charge in [-0.1, -0.05) is 18.2 Å². The SMILES string of the molecule is CCN1C(=O)c2cccc3c(/C(N)=C/Nc4ccc(N5CCOCCOCCOCCOCC5)cc4)ccc(c23)C1=O. The summed E-state index contributed by atoms with van der Waals surface area (Å²) in [6.07, 6.45) is 1.74. The number of nitrogens with one attached hydrogen (secondary N) is 1. The number of nitrogens with two attached hydrogens (primary N) is 1. The lowest BCUT2D eigenvalue weighted by molar-refractivity contribution is 0.00206. The molecule has 0 aromatic heterocycles. The Balaban J connectivity index is 1.28. The van der Waals surface area contributed by atoms with Crippen molar-refractivity contribution in [2.45, 2.75) is 6.92 Å². The molecule has 2 heterocycles. The third-order valence-corrected chi connectivity index (χ3v) is 7.37.